The van der Waals surface area contributed by atoms with Crippen LogP contribution in [-0.2, 0) is 4.74 Å². The van der Waals surface area contributed by atoms with Gasteiger partial charge in [-0.05, 0) is 24.6 Å². The van der Waals surface area contributed by atoms with E-state index in [2.05, 4.69) is 5.32 Å². The summed E-state index contributed by atoms with van der Waals surface area (Å²) in [5.41, 5.74) is 1.16. The van der Waals surface area contributed by atoms with Crippen molar-refractivity contribution in [2.75, 3.05) is 40.5 Å². The number of nitrogens with one attached hydrogen (secondary N) is 1. The quantitative estimate of drug-likeness (QED) is 0.700. The summed E-state index contributed by atoms with van der Waals surface area (Å²) in [6.45, 7) is 4.99. The molecule has 0 fully saturated rings. The molecule has 0 aliphatic rings. The standard InChI is InChI=1S/C13H21NO3/c1-11-4-5-12(13(10-11)16-3)17-9-7-14-6-8-15-2/h4-5,10,14H,6-9H2,1-3H3. The van der Waals surface area contributed by atoms with Crippen molar-refractivity contribution in [3.63, 3.8) is 0 Å². The van der Waals surface area contributed by atoms with Gasteiger partial charge in [0.1, 0.15) is 6.61 Å². The fourth-order valence-corrected chi connectivity index (χ4v) is 1.43. The summed E-state index contributed by atoms with van der Waals surface area (Å²) >= 11 is 0. The summed E-state index contributed by atoms with van der Waals surface area (Å²) in [6.07, 6.45) is 0. The third-order valence-corrected chi connectivity index (χ3v) is 2.34. The number of hydrogen-bond acceptors (Lipinski definition) is 4. The van der Waals surface area contributed by atoms with Crippen LogP contribution >= 0.6 is 0 Å². The molecule has 0 radical (unpaired) electrons. The highest BCUT2D eigenvalue weighted by molar-refractivity contribution is 5.42. The molecule has 0 saturated heterocycles. The van der Waals surface area contributed by atoms with Crippen LogP contribution in [0.2, 0.25) is 0 Å². The summed E-state index contributed by atoms with van der Waals surface area (Å²) in [6, 6.07) is 5.91. The minimum Gasteiger partial charge on any atom is -0.493 e. The molecule has 0 aliphatic heterocycles. The first-order chi connectivity index (χ1) is 8.27. The van der Waals surface area contributed by atoms with Crippen LogP contribution in [0.15, 0.2) is 18.2 Å². The zero-order valence-corrected chi connectivity index (χ0v) is 10.8. The first-order valence-electron chi connectivity index (χ1n) is 5.75. The zero-order valence-electron chi connectivity index (χ0n) is 10.8. The fourth-order valence-electron chi connectivity index (χ4n) is 1.43. The third kappa shape index (κ3) is 5.06. The highest BCUT2D eigenvalue weighted by Gasteiger charge is 2.03. The molecule has 0 aromatic heterocycles. The lowest BCUT2D eigenvalue weighted by molar-refractivity contribution is 0.196. The highest BCUT2D eigenvalue weighted by Crippen LogP contribution is 2.27. The van der Waals surface area contributed by atoms with Gasteiger partial charge in [-0.3, -0.25) is 0 Å². The summed E-state index contributed by atoms with van der Waals surface area (Å²) in [5, 5.41) is 3.21. The van der Waals surface area contributed by atoms with Gasteiger partial charge in [0.05, 0.1) is 13.7 Å². The molecule has 1 rings (SSSR count). The predicted molar refractivity (Wildman–Crippen MR) is 68.0 cm³/mol. The fraction of sp³-hybridized carbons (Fsp3) is 0.538. The minimum absolute atomic E-state index is 0.614. The van der Waals surface area contributed by atoms with Gasteiger partial charge in [-0.1, -0.05) is 6.07 Å². The first-order valence-corrected chi connectivity index (χ1v) is 5.75. The zero-order chi connectivity index (χ0) is 12.5. The van der Waals surface area contributed by atoms with Gasteiger partial charge in [-0.2, -0.15) is 0 Å². The molecule has 0 aliphatic carbocycles. The lowest BCUT2D eigenvalue weighted by Gasteiger charge is -2.11. The van der Waals surface area contributed by atoms with E-state index in [1.807, 2.05) is 25.1 Å². The van der Waals surface area contributed by atoms with Gasteiger partial charge >= 0.3 is 0 Å². The summed E-state index contributed by atoms with van der Waals surface area (Å²) < 4.78 is 15.8. The van der Waals surface area contributed by atoms with Gasteiger partial charge in [0.2, 0.25) is 0 Å². The number of aryl methyl sites for hydroxylation is 1. The first kappa shape index (κ1) is 13.8. The average molecular weight is 239 g/mol. The molecular formula is C13H21NO3. The molecule has 0 heterocycles. The lowest BCUT2D eigenvalue weighted by Crippen LogP contribution is -2.24. The number of methoxy groups -OCH3 is 2. The number of ether oxygens (including phenoxy) is 3. The maximum atomic E-state index is 5.63. The molecule has 0 unspecified atom stereocenters. The highest BCUT2D eigenvalue weighted by atomic mass is 16.5. The Labute approximate surface area is 103 Å². The second kappa shape index (κ2) is 7.92. The second-order valence-electron chi connectivity index (χ2n) is 3.75. The van der Waals surface area contributed by atoms with E-state index >= 15 is 0 Å². The van der Waals surface area contributed by atoms with E-state index < -0.39 is 0 Å². The van der Waals surface area contributed by atoms with E-state index in [1.54, 1.807) is 14.2 Å². The molecule has 1 aromatic rings. The van der Waals surface area contributed by atoms with E-state index in [1.165, 1.54) is 0 Å². The molecule has 0 saturated carbocycles. The van der Waals surface area contributed by atoms with Crippen LogP contribution in [0.5, 0.6) is 11.5 Å². The van der Waals surface area contributed by atoms with Gasteiger partial charge in [0.25, 0.3) is 0 Å². The Morgan fingerprint density at radius 1 is 1.06 bits per heavy atom. The monoisotopic (exact) mass is 239 g/mol. The topological polar surface area (TPSA) is 39.7 Å². The summed E-state index contributed by atoms with van der Waals surface area (Å²) in [5.74, 6) is 1.56. The van der Waals surface area contributed by atoms with Crippen molar-refractivity contribution in [2.24, 2.45) is 0 Å². The smallest absolute Gasteiger partial charge is 0.161 e. The van der Waals surface area contributed by atoms with Crippen molar-refractivity contribution in [1.82, 2.24) is 5.32 Å². The normalized spacial score (nSPS) is 10.3. The number of rotatable bonds is 8. The van der Waals surface area contributed by atoms with Crippen LogP contribution in [0.1, 0.15) is 5.56 Å². The van der Waals surface area contributed by atoms with Crippen LogP contribution in [-0.4, -0.2) is 40.5 Å². The second-order valence-corrected chi connectivity index (χ2v) is 3.75. The maximum Gasteiger partial charge on any atom is 0.161 e. The maximum absolute atomic E-state index is 5.63. The van der Waals surface area contributed by atoms with Crippen molar-refractivity contribution >= 4 is 0 Å². The van der Waals surface area contributed by atoms with Crippen molar-refractivity contribution < 1.29 is 14.2 Å². The molecule has 0 atom stereocenters. The van der Waals surface area contributed by atoms with Gasteiger partial charge in [-0.15, -0.1) is 0 Å². The molecule has 96 valence electrons. The Hall–Kier alpha value is -1.26. The molecule has 0 bridgehead atoms. The van der Waals surface area contributed by atoms with Crippen LogP contribution < -0.4 is 14.8 Å². The largest absolute Gasteiger partial charge is 0.493 e. The molecule has 0 amide bonds. The lowest BCUT2D eigenvalue weighted by atomic mass is 10.2. The Morgan fingerprint density at radius 3 is 2.53 bits per heavy atom. The Morgan fingerprint density at radius 2 is 1.82 bits per heavy atom. The van der Waals surface area contributed by atoms with E-state index in [0.29, 0.717) is 13.2 Å². The summed E-state index contributed by atoms with van der Waals surface area (Å²) in [4.78, 5) is 0. The third-order valence-electron chi connectivity index (χ3n) is 2.34. The van der Waals surface area contributed by atoms with Gasteiger partial charge in [0.15, 0.2) is 11.5 Å². The molecular weight excluding hydrogens is 218 g/mol. The van der Waals surface area contributed by atoms with Crippen molar-refractivity contribution in [3.8, 4) is 11.5 Å². The van der Waals surface area contributed by atoms with Crippen molar-refractivity contribution in [2.45, 2.75) is 6.92 Å². The Balaban J connectivity index is 2.31. The van der Waals surface area contributed by atoms with Crippen LogP contribution in [0.3, 0.4) is 0 Å². The van der Waals surface area contributed by atoms with E-state index in [-0.39, 0.29) is 0 Å². The molecule has 1 aromatic carbocycles. The molecule has 0 spiro atoms. The van der Waals surface area contributed by atoms with E-state index in [0.717, 1.165) is 30.2 Å². The molecule has 4 nitrogen and oxygen atoms in total. The SMILES string of the molecule is COCCNCCOc1ccc(C)cc1OC. The molecule has 17 heavy (non-hydrogen) atoms. The van der Waals surface area contributed by atoms with Gasteiger partial charge < -0.3 is 19.5 Å². The Bertz CT molecular complexity index is 328. The Kier molecular flexibility index (Phi) is 6.43. The average Bonchev–Trinajstić information content (AvgIpc) is 2.35. The van der Waals surface area contributed by atoms with Crippen LogP contribution in [0.25, 0.3) is 0 Å². The molecule has 4 heteroatoms. The van der Waals surface area contributed by atoms with Crippen molar-refractivity contribution in [3.05, 3.63) is 23.8 Å². The van der Waals surface area contributed by atoms with E-state index in [9.17, 15) is 0 Å². The minimum atomic E-state index is 0.614. The van der Waals surface area contributed by atoms with Gasteiger partial charge in [0, 0.05) is 20.2 Å². The van der Waals surface area contributed by atoms with Crippen molar-refractivity contribution in [1.29, 1.82) is 0 Å². The molecule has 1 N–H and O–H groups in total. The number of hydrogen-bond donors (Lipinski definition) is 1. The van der Waals surface area contributed by atoms with Gasteiger partial charge in [-0.25, -0.2) is 0 Å². The van der Waals surface area contributed by atoms with Crippen LogP contribution in [0.4, 0.5) is 0 Å². The number of benzene rings is 1. The predicted octanol–water partition coefficient (Wildman–Crippen LogP) is 1.62. The van der Waals surface area contributed by atoms with Crippen LogP contribution in [0, 0.1) is 6.92 Å². The van der Waals surface area contributed by atoms with E-state index in [4.69, 9.17) is 14.2 Å². The summed E-state index contributed by atoms with van der Waals surface area (Å²) in [7, 11) is 3.34.